The second-order valence-electron chi connectivity index (χ2n) is 25.5. The van der Waals surface area contributed by atoms with Gasteiger partial charge in [0.1, 0.15) is 28.9 Å². The van der Waals surface area contributed by atoms with Gasteiger partial charge in [-0.15, -0.1) is 29.1 Å². The third-order valence-corrected chi connectivity index (χ3v) is 19.1. The van der Waals surface area contributed by atoms with E-state index in [-0.39, 0.29) is 51.4 Å². The monoisotopic (exact) mass is 1430 g/mol. The van der Waals surface area contributed by atoms with E-state index in [0.29, 0.717) is 49.8 Å². The molecule has 6 aromatic carbocycles. The first-order valence-corrected chi connectivity index (χ1v) is 35.5. The fourth-order valence-corrected chi connectivity index (χ4v) is 12.2. The highest BCUT2D eigenvalue weighted by Gasteiger charge is 2.54. The zero-order valence-corrected chi connectivity index (χ0v) is 59.6. The number of unbranched alkanes of at least 4 members (excludes halogenated alkanes) is 6. The maximum atomic E-state index is 15.4. The van der Waals surface area contributed by atoms with Crippen molar-refractivity contribution in [3.05, 3.63) is 195 Å². The molecular weight excluding hydrogens is 1340 g/mol. The summed E-state index contributed by atoms with van der Waals surface area (Å²) in [5, 5.41) is 30.3. The number of aryl methyl sites for hydroxylation is 2. The van der Waals surface area contributed by atoms with E-state index in [2.05, 4.69) is 65.3 Å². The van der Waals surface area contributed by atoms with Crippen molar-refractivity contribution in [3.8, 4) is 74.7 Å². The molecule has 0 spiro atoms. The number of thiophene rings is 1. The number of alkyl halides is 3. The number of carboxylic acids is 2. The summed E-state index contributed by atoms with van der Waals surface area (Å²) < 4.78 is 89.1. The van der Waals surface area contributed by atoms with E-state index in [9.17, 15) is 52.2 Å². The van der Waals surface area contributed by atoms with Gasteiger partial charge >= 0.3 is 42.0 Å². The second kappa shape index (κ2) is 39.6. The number of rotatable bonds is 36. The molecule has 20 heteroatoms. The van der Waals surface area contributed by atoms with Crippen LogP contribution in [-0.2, 0) is 83.5 Å². The molecule has 2 atom stereocenters. The van der Waals surface area contributed by atoms with Crippen molar-refractivity contribution in [1.29, 1.82) is 0 Å². The summed E-state index contributed by atoms with van der Waals surface area (Å²) in [6.07, 6.45) is 3.48. The highest BCUT2D eigenvalue weighted by atomic mass is 32.1. The van der Waals surface area contributed by atoms with E-state index in [4.69, 9.17) is 14.2 Å². The largest absolute Gasteiger partial charge is 0.488 e. The second-order valence-corrected chi connectivity index (χ2v) is 26.6. The molecule has 5 N–H and O–H groups in total. The third kappa shape index (κ3) is 22.9. The molecule has 0 aliphatic heterocycles. The van der Waals surface area contributed by atoms with Gasteiger partial charge in [-0.3, -0.25) is 28.8 Å². The first-order valence-electron chi connectivity index (χ1n) is 34.7. The molecule has 7 aromatic rings. The van der Waals surface area contributed by atoms with Crippen LogP contribution in [0, 0.1) is 63.4 Å². The Balaban J connectivity index is 0.993. The summed E-state index contributed by atoms with van der Waals surface area (Å²) in [5.74, 6) is 5.83. The minimum Gasteiger partial charge on any atom is -0.488 e. The van der Waals surface area contributed by atoms with Gasteiger partial charge in [0.2, 0.25) is 0 Å². The lowest BCUT2D eigenvalue weighted by molar-refractivity contribution is -0.185. The average Bonchev–Trinajstić information content (AvgIpc) is 1.59. The number of carbonyl (C=O) groups is 6. The molecule has 14 nitrogen and oxygen atoms in total. The van der Waals surface area contributed by atoms with Crippen LogP contribution in [0.5, 0.6) is 5.75 Å². The lowest BCUT2D eigenvalue weighted by Gasteiger charge is -2.28. The number of hydrogen-bond acceptors (Lipinski definition) is 13. The highest BCUT2D eigenvalue weighted by Crippen LogP contribution is 2.43. The van der Waals surface area contributed by atoms with Crippen LogP contribution >= 0.6 is 11.3 Å². The Bertz CT molecular complexity index is 4040. The number of ether oxygens (including phenoxy) is 3. The number of aliphatic carboxylic acids is 2. The average molecular weight is 1430 g/mol. The van der Waals surface area contributed by atoms with Crippen molar-refractivity contribution in [1.82, 2.24) is 16.0 Å². The number of nitrogens with one attached hydrogen (secondary N) is 3. The van der Waals surface area contributed by atoms with E-state index in [0.717, 1.165) is 75.0 Å². The summed E-state index contributed by atoms with van der Waals surface area (Å²) in [6.45, 7) is 8.30. The Labute approximate surface area is 603 Å². The van der Waals surface area contributed by atoms with Crippen molar-refractivity contribution in [3.63, 3.8) is 0 Å². The molecule has 0 radical (unpaired) electrons. The maximum absolute atomic E-state index is 15.4. The van der Waals surface area contributed by atoms with Gasteiger partial charge in [-0.05, 0) is 120 Å². The van der Waals surface area contributed by atoms with Gasteiger partial charge in [0.05, 0.1) is 19.6 Å². The normalized spacial score (nSPS) is 12.9. The quantitative estimate of drug-likeness (QED) is 0.00815. The molecular formula is C83H88F5N3O11S. The Morgan fingerprint density at radius 3 is 1.27 bits per heavy atom. The van der Waals surface area contributed by atoms with Gasteiger partial charge in [0.15, 0.2) is 16.2 Å². The summed E-state index contributed by atoms with van der Waals surface area (Å²) >= 11 is 0.603. The molecule has 1 heterocycles. The predicted octanol–water partition coefficient (Wildman–Crippen LogP) is 16.8. The fraction of sp³-hybridized carbons (Fsp3) is 0.373. The SMILES string of the molecule is CCCCCCc1ccc(-c2ccc(CNCC#CCC(CC)(C(=O)O)C(=O)OC(=O)C(C)(CC#CCNCc3ccc(OCc4cc(-c5ccccc5)c(C(F)(F)F)s4)cc3)C(=O)OC(=O)C(CC)(CC#CCNCc3ccc(-c4ccc(CCCCCC)cc4)c(F)c3)C(=O)O)cc2F)cc1. The van der Waals surface area contributed by atoms with E-state index >= 15 is 8.78 Å². The van der Waals surface area contributed by atoms with Gasteiger partial charge in [-0.2, -0.15) is 13.2 Å². The van der Waals surface area contributed by atoms with Gasteiger partial charge in [0.25, 0.3) is 0 Å². The third-order valence-electron chi connectivity index (χ3n) is 18.0. The van der Waals surface area contributed by atoms with Crippen molar-refractivity contribution in [2.75, 3.05) is 19.6 Å². The van der Waals surface area contributed by atoms with Gasteiger partial charge in [-0.25, -0.2) is 8.78 Å². The van der Waals surface area contributed by atoms with Crippen LogP contribution in [0.2, 0.25) is 0 Å². The van der Waals surface area contributed by atoms with Gasteiger partial charge in [0, 0.05) is 60.5 Å². The Morgan fingerprint density at radius 2 is 0.864 bits per heavy atom. The number of carboxylic acid groups (broad SMARTS) is 2. The molecule has 7 rings (SSSR count). The highest BCUT2D eigenvalue weighted by molar-refractivity contribution is 7.12. The Hall–Kier alpha value is -9.75. The molecule has 542 valence electrons. The van der Waals surface area contributed by atoms with Crippen LogP contribution in [0.4, 0.5) is 22.0 Å². The molecule has 0 fully saturated rings. The van der Waals surface area contributed by atoms with Crippen molar-refractivity contribution < 1.29 is 75.1 Å². The minimum atomic E-state index is -4.57. The number of halogens is 5. The van der Waals surface area contributed by atoms with Crippen LogP contribution in [0.1, 0.15) is 156 Å². The molecule has 0 saturated heterocycles. The van der Waals surface area contributed by atoms with E-state index in [1.54, 1.807) is 78.9 Å². The Kier molecular flexibility index (Phi) is 31.0. The minimum absolute atomic E-state index is 0.0264. The maximum Gasteiger partial charge on any atom is 0.426 e. The Morgan fingerprint density at radius 1 is 0.456 bits per heavy atom. The standard InChI is InChI=1S/C83H88F5N3O11S/c1-6-10-12-15-25-58-29-37-64(38-30-58)68-43-35-61(51-71(68)84)55-90-49-23-20-46-81(8-3,74(92)93)78(98)101-76(96)80(5,45-19-22-48-89-54-60-33-41-66(42-34-60)100-57-67-53-70(63-27-17-14-18-28-63)73(103-67)83(86,87)88)77(97)102-79(99)82(9-4,75(94)95)47-21-24-50-91-56-62-36-44-69(72(85)52-62)65-39-31-59(32-40-65)26-16-13-11-7-2/h14,17-18,27-44,51-53,89-91H,6-13,15-16,25-26,45-50,54-57H2,1-5H3,(H,92,93)(H,94,95). The number of benzene rings is 6. The fourth-order valence-electron chi connectivity index (χ4n) is 11.2. The lowest BCUT2D eigenvalue weighted by atomic mass is 9.81. The zero-order chi connectivity index (χ0) is 74.4. The van der Waals surface area contributed by atoms with Crippen LogP contribution < -0.4 is 20.7 Å². The summed E-state index contributed by atoms with van der Waals surface area (Å²) in [4.78, 5) is 82.6. The number of hydrogen-bond donors (Lipinski definition) is 5. The molecule has 2 unspecified atom stereocenters. The van der Waals surface area contributed by atoms with E-state index < -0.39 is 107 Å². The predicted molar refractivity (Wildman–Crippen MR) is 388 cm³/mol. The van der Waals surface area contributed by atoms with Crippen LogP contribution in [-0.4, -0.2) is 65.7 Å². The molecule has 0 aliphatic rings. The van der Waals surface area contributed by atoms with E-state index in [1.807, 2.05) is 48.5 Å². The molecule has 0 aliphatic carbocycles. The van der Waals surface area contributed by atoms with Crippen molar-refractivity contribution >= 4 is 47.2 Å². The summed E-state index contributed by atoms with van der Waals surface area (Å²) in [6, 6.07) is 41.8. The molecule has 0 amide bonds. The topological polar surface area (TPSA) is 207 Å². The van der Waals surface area contributed by atoms with Crippen LogP contribution in [0.15, 0.2) is 146 Å². The van der Waals surface area contributed by atoms with E-state index in [1.165, 1.54) is 56.0 Å². The molecule has 0 bridgehead atoms. The molecule has 1 aromatic heterocycles. The lowest BCUT2D eigenvalue weighted by Crippen LogP contribution is -2.48. The van der Waals surface area contributed by atoms with Crippen molar-refractivity contribution in [2.45, 2.75) is 163 Å². The summed E-state index contributed by atoms with van der Waals surface area (Å²) in [7, 11) is 0. The first-order chi connectivity index (χ1) is 49.5. The zero-order valence-electron chi connectivity index (χ0n) is 58.8. The molecule has 103 heavy (non-hydrogen) atoms. The molecule has 0 saturated carbocycles. The first kappa shape index (κ1) is 80.6. The van der Waals surface area contributed by atoms with Crippen LogP contribution in [0.3, 0.4) is 0 Å². The van der Waals surface area contributed by atoms with Crippen molar-refractivity contribution in [2.24, 2.45) is 16.2 Å². The van der Waals surface area contributed by atoms with Gasteiger partial charge < -0.3 is 40.4 Å². The number of esters is 4. The van der Waals surface area contributed by atoms with Crippen LogP contribution in [0.25, 0.3) is 33.4 Å². The number of carbonyl (C=O) groups excluding carboxylic acids is 4. The smallest absolute Gasteiger partial charge is 0.426 e. The summed E-state index contributed by atoms with van der Waals surface area (Å²) in [5.41, 5.74) is -0.457. The van der Waals surface area contributed by atoms with Gasteiger partial charge in [-0.1, -0.05) is 199 Å².